The topological polar surface area (TPSA) is 59.3 Å². The maximum absolute atomic E-state index is 12.3. The Kier molecular flexibility index (Phi) is 3.82. The van der Waals surface area contributed by atoms with Gasteiger partial charge in [-0.15, -0.1) is 0 Å². The van der Waals surface area contributed by atoms with E-state index in [2.05, 4.69) is 0 Å². The van der Waals surface area contributed by atoms with Gasteiger partial charge in [-0.3, -0.25) is 4.79 Å². The number of nitriles is 1. The van der Waals surface area contributed by atoms with E-state index in [1.165, 1.54) is 0 Å². The molecule has 1 heterocycles. The summed E-state index contributed by atoms with van der Waals surface area (Å²) in [4.78, 5) is 12.3. The molecule has 3 rings (SSSR count). The number of hydrogen-bond donors (Lipinski definition) is 0. The Hall–Kier alpha value is -2.77. The Morgan fingerprint density at radius 3 is 2.91 bits per heavy atom. The molecule has 0 atom stereocenters. The van der Waals surface area contributed by atoms with Crippen LogP contribution in [-0.2, 0) is 0 Å². The van der Waals surface area contributed by atoms with E-state index >= 15 is 0 Å². The lowest BCUT2D eigenvalue weighted by Crippen LogP contribution is -1.97. The zero-order valence-electron chi connectivity index (χ0n) is 11.4. The highest BCUT2D eigenvalue weighted by atomic mass is 35.5. The van der Waals surface area contributed by atoms with Crippen LogP contribution >= 0.6 is 11.6 Å². The second-order valence-corrected chi connectivity index (χ2v) is 5.04. The predicted molar refractivity (Wildman–Crippen MR) is 81.9 cm³/mol. The van der Waals surface area contributed by atoms with E-state index in [0.29, 0.717) is 22.1 Å². The molecule has 2 aromatic rings. The average Bonchev–Trinajstić information content (AvgIpc) is 2.81. The number of allylic oxidation sites excluding steroid dienone is 1. The zero-order chi connectivity index (χ0) is 15.5. The van der Waals surface area contributed by atoms with E-state index in [9.17, 15) is 4.79 Å². The van der Waals surface area contributed by atoms with Crippen molar-refractivity contribution in [2.24, 2.45) is 0 Å². The highest BCUT2D eigenvalue weighted by Crippen LogP contribution is 2.34. The number of ether oxygens (including phenoxy) is 2. The highest BCUT2D eigenvalue weighted by Gasteiger charge is 2.27. The quantitative estimate of drug-likeness (QED) is 0.808. The van der Waals surface area contributed by atoms with E-state index in [0.717, 1.165) is 5.56 Å². The molecular formula is C17H10ClNO3. The molecule has 108 valence electrons. The highest BCUT2D eigenvalue weighted by molar-refractivity contribution is 6.30. The SMILES string of the molecule is N#CCOc1ccc2c(c1)OC(=Cc1cccc(Cl)c1)C2=O. The summed E-state index contributed by atoms with van der Waals surface area (Å²) in [5.74, 6) is 0.947. The van der Waals surface area contributed by atoms with Crippen LogP contribution in [0.25, 0.3) is 6.08 Å². The van der Waals surface area contributed by atoms with E-state index in [1.54, 1.807) is 42.5 Å². The fourth-order valence-corrected chi connectivity index (χ4v) is 2.32. The Labute approximate surface area is 132 Å². The van der Waals surface area contributed by atoms with Crippen molar-refractivity contribution in [3.63, 3.8) is 0 Å². The van der Waals surface area contributed by atoms with Crippen molar-refractivity contribution in [3.8, 4) is 17.6 Å². The van der Waals surface area contributed by atoms with Crippen molar-refractivity contribution in [1.29, 1.82) is 5.26 Å². The molecule has 1 aliphatic heterocycles. The van der Waals surface area contributed by atoms with E-state index in [-0.39, 0.29) is 18.1 Å². The summed E-state index contributed by atoms with van der Waals surface area (Å²) < 4.78 is 10.8. The molecule has 4 nitrogen and oxygen atoms in total. The van der Waals surface area contributed by atoms with Gasteiger partial charge >= 0.3 is 0 Å². The summed E-state index contributed by atoms with van der Waals surface area (Å²) in [5.41, 5.74) is 1.25. The zero-order valence-corrected chi connectivity index (χ0v) is 12.1. The number of ketones is 1. The molecule has 0 fully saturated rings. The molecule has 0 aliphatic carbocycles. The molecule has 0 radical (unpaired) electrons. The van der Waals surface area contributed by atoms with Crippen LogP contribution in [0, 0.1) is 11.3 Å². The third-order valence-corrected chi connectivity index (χ3v) is 3.33. The van der Waals surface area contributed by atoms with Gasteiger partial charge in [0.25, 0.3) is 0 Å². The van der Waals surface area contributed by atoms with Crippen LogP contribution < -0.4 is 9.47 Å². The lowest BCUT2D eigenvalue weighted by atomic mass is 10.1. The van der Waals surface area contributed by atoms with Crippen LogP contribution in [0.5, 0.6) is 11.5 Å². The third kappa shape index (κ3) is 2.80. The van der Waals surface area contributed by atoms with Gasteiger partial charge in [0.2, 0.25) is 5.78 Å². The fourth-order valence-electron chi connectivity index (χ4n) is 2.12. The van der Waals surface area contributed by atoms with Gasteiger partial charge in [0.05, 0.1) is 5.56 Å². The molecule has 22 heavy (non-hydrogen) atoms. The standard InChI is InChI=1S/C17H10ClNO3/c18-12-3-1-2-11(8-12)9-16-17(20)14-5-4-13(21-7-6-19)10-15(14)22-16/h1-5,8-10H,7H2. The first kappa shape index (κ1) is 14.2. The number of Topliss-reactive ketones (excluding diaryl/α,β-unsaturated/α-hetero) is 1. The Balaban J connectivity index is 1.89. The summed E-state index contributed by atoms with van der Waals surface area (Å²) in [6.07, 6.45) is 1.64. The molecule has 0 N–H and O–H groups in total. The molecule has 5 heteroatoms. The summed E-state index contributed by atoms with van der Waals surface area (Å²) >= 11 is 5.93. The minimum atomic E-state index is -0.193. The molecule has 0 amide bonds. The number of halogens is 1. The largest absolute Gasteiger partial charge is 0.479 e. The number of fused-ring (bicyclic) bond motifs is 1. The van der Waals surface area contributed by atoms with E-state index < -0.39 is 0 Å². The number of carbonyl (C=O) groups excluding carboxylic acids is 1. The number of rotatable bonds is 3. The predicted octanol–water partition coefficient (Wildman–Crippen LogP) is 3.86. The van der Waals surface area contributed by atoms with Crippen molar-refractivity contribution in [3.05, 3.63) is 64.4 Å². The van der Waals surface area contributed by atoms with Gasteiger partial charge in [0.1, 0.15) is 17.6 Å². The third-order valence-electron chi connectivity index (χ3n) is 3.09. The van der Waals surface area contributed by atoms with Gasteiger partial charge in [-0.05, 0) is 35.9 Å². The number of benzene rings is 2. The van der Waals surface area contributed by atoms with Crippen LogP contribution in [-0.4, -0.2) is 12.4 Å². The van der Waals surface area contributed by atoms with Crippen molar-refractivity contribution >= 4 is 23.5 Å². The molecule has 0 aromatic heterocycles. The molecule has 0 unspecified atom stereocenters. The molecule has 0 bridgehead atoms. The van der Waals surface area contributed by atoms with Crippen molar-refractivity contribution < 1.29 is 14.3 Å². The number of hydrogen-bond acceptors (Lipinski definition) is 4. The Morgan fingerprint density at radius 1 is 1.27 bits per heavy atom. The van der Waals surface area contributed by atoms with Crippen LogP contribution in [0.1, 0.15) is 15.9 Å². The van der Waals surface area contributed by atoms with Crippen molar-refractivity contribution in [1.82, 2.24) is 0 Å². The maximum atomic E-state index is 12.3. The number of carbonyl (C=O) groups is 1. The summed E-state index contributed by atoms with van der Waals surface area (Å²) in [5, 5.41) is 9.10. The summed E-state index contributed by atoms with van der Waals surface area (Å²) in [6, 6.07) is 13.9. The van der Waals surface area contributed by atoms with Gasteiger partial charge in [0, 0.05) is 11.1 Å². The van der Waals surface area contributed by atoms with E-state index in [4.69, 9.17) is 26.3 Å². The monoisotopic (exact) mass is 311 g/mol. The molecule has 0 spiro atoms. The fraction of sp³-hybridized carbons (Fsp3) is 0.0588. The van der Waals surface area contributed by atoms with Crippen LogP contribution in [0.15, 0.2) is 48.2 Å². The minimum Gasteiger partial charge on any atom is -0.479 e. The first-order chi connectivity index (χ1) is 10.7. The maximum Gasteiger partial charge on any atom is 0.231 e. The van der Waals surface area contributed by atoms with Gasteiger partial charge in [-0.2, -0.15) is 5.26 Å². The smallest absolute Gasteiger partial charge is 0.231 e. The molecule has 1 aliphatic rings. The van der Waals surface area contributed by atoms with Crippen molar-refractivity contribution in [2.75, 3.05) is 6.61 Å². The Bertz CT molecular complexity index is 821. The van der Waals surface area contributed by atoms with Crippen LogP contribution in [0.2, 0.25) is 5.02 Å². The minimum absolute atomic E-state index is 0.0576. The second-order valence-electron chi connectivity index (χ2n) is 4.60. The first-order valence-electron chi connectivity index (χ1n) is 6.51. The van der Waals surface area contributed by atoms with Gasteiger partial charge in [-0.25, -0.2) is 0 Å². The molecule has 2 aromatic carbocycles. The van der Waals surface area contributed by atoms with Crippen LogP contribution in [0.4, 0.5) is 0 Å². The van der Waals surface area contributed by atoms with Crippen LogP contribution in [0.3, 0.4) is 0 Å². The molecule has 0 saturated heterocycles. The van der Waals surface area contributed by atoms with Gasteiger partial charge in [0.15, 0.2) is 12.4 Å². The lowest BCUT2D eigenvalue weighted by molar-refractivity contribution is 0.101. The molecule has 0 saturated carbocycles. The summed E-state index contributed by atoms with van der Waals surface area (Å²) in [7, 11) is 0. The van der Waals surface area contributed by atoms with E-state index in [1.807, 2.05) is 12.1 Å². The lowest BCUT2D eigenvalue weighted by Gasteiger charge is -2.03. The normalized spacial score (nSPS) is 14.4. The average molecular weight is 312 g/mol. The first-order valence-corrected chi connectivity index (χ1v) is 6.89. The summed E-state index contributed by atoms with van der Waals surface area (Å²) in [6.45, 7) is -0.0576. The van der Waals surface area contributed by atoms with Gasteiger partial charge in [-0.1, -0.05) is 23.7 Å². The van der Waals surface area contributed by atoms with Gasteiger partial charge < -0.3 is 9.47 Å². The van der Waals surface area contributed by atoms with Crippen molar-refractivity contribution in [2.45, 2.75) is 0 Å². The number of nitrogens with zero attached hydrogens (tertiary/aromatic N) is 1. The Morgan fingerprint density at radius 2 is 2.14 bits per heavy atom. The second kappa shape index (κ2) is 5.92. The molecular weight excluding hydrogens is 302 g/mol.